The lowest BCUT2D eigenvalue weighted by molar-refractivity contribution is -0.122. The Balaban J connectivity index is 1.62. The highest BCUT2D eigenvalue weighted by Gasteiger charge is 2.30. The van der Waals surface area contributed by atoms with Gasteiger partial charge in [-0.3, -0.25) is 9.59 Å². The number of rotatable bonds is 8. The second-order valence-corrected chi connectivity index (χ2v) is 11.5. The Hall–Kier alpha value is -3.53. The third-order valence-electron chi connectivity index (χ3n) is 6.49. The molecule has 8 nitrogen and oxygen atoms in total. The van der Waals surface area contributed by atoms with Crippen LogP contribution in [0.4, 0.5) is 5.69 Å². The Morgan fingerprint density at radius 1 is 1.03 bits per heavy atom. The van der Waals surface area contributed by atoms with E-state index in [4.69, 9.17) is 11.6 Å². The number of benzene rings is 3. The van der Waals surface area contributed by atoms with Crippen LogP contribution in [0.15, 0.2) is 82.8 Å². The number of sulfonamides is 1. The number of halogens is 1. The van der Waals surface area contributed by atoms with Crippen molar-refractivity contribution >= 4 is 44.8 Å². The summed E-state index contributed by atoms with van der Waals surface area (Å²) in [7, 11) is -4.10. The zero-order chi connectivity index (χ0) is 26.8. The van der Waals surface area contributed by atoms with E-state index in [1.165, 1.54) is 12.1 Å². The number of nitrogens with one attached hydrogen (secondary N) is 3. The van der Waals surface area contributed by atoms with Gasteiger partial charge in [0.2, 0.25) is 10.0 Å². The Bertz CT molecular complexity index is 1470. The maximum absolute atomic E-state index is 13.3. The molecule has 1 atom stereocenters. The summed E-state index contributed by atoms with van der Waals surface area (Å²) in [5.41, 5.74) is 4.73. The number of anilines is 1. The number of nitrogens with zero attached hydrogens (tertiary/aromatic N) is 1. The molecule has 1 aliphatic rings. The van der Waals surface area contributed by atoms with Gasteiger partial charge in [0.05, 0.1) is 10.6 Å². The smallest absolute Gasteiger partial charge is 0.276 e. The van der Waals surface area contributed by atoms with Gasteiger partial charge >= 0.3 is 0 Å². The number of carbonyl (C=O) groups is 2. The fourth-order valence-electron chi connectivity index (χ4n) is 3.83. The molecule has 0 aliphatic carbocycles. The second-order valence-electron chi connectivity index (χ2n) is 9.30. The minimum Gasteiger partial charge on any atom is -0.320 e. The number of carbonyl (C=O) groups excluding carboxylic acids is 2. The lowest BCUT2D eigenvalue weighted by atomic mass is 9.82. The fourth-order valence-corrected chi connectivity index (χ4v) is 5.14. The summed E-state index contributed by atoms with van der Waals surface area (Å²) in [5.74, 6) is -1.24. The van der Waals surface area contributed by atoms with E-state index in [-0.39, 0.29) is 16.0 Å². The van der Waals surface area contributed by atoms with E-state index in [0.29, 0.717) is 21.8 Å². The van der Waals surface area contributed by atoms with E-state index >= 15 is 0 Å². The highest BCUT2D eigenvalue weighted by Crippen LogP contribution is 2.28. The average molecular weight is 539 g/mol. The molecule has 2 amide bonds. The monoisotopic (exact) mass is 538 g/mol. The summed E-state index contributed by atoms with van der Waals surface area (Å²) in [5, 5.41) is 7.10. The van der Waals surface area contributed by atoms with Crippen LogP contribution in [0.5, 0.6) is 0 Å². The van der Waals surface area contributed by atoms with Crippen molar-refractivity contribution in [1.82, 2.24) is 10.1 Å². The van der Waals surface area contributed by atoms with Gasteiger partial charge in [-0.25, -0.2) is 13.8 Å². The second kappa shape index (κ2) is 10.5. The standard InChI is InChI=1S/C27H27ClN4O4S/c1-4-27(2,3)18-11-15-20(16-12-18)37(35,36)32-23(17-9-13-19(28)14-10-17)26(34)31-30-24-21-7-5-6-8-22(21)29-25(24)33/h5-16,23,32H,4H2,1-3H3,(H,31,34)(H,29,30,33). The molecular weight excluding hydrogens is 512 g/mol. The van der Waals surface area contributed by atoms with Gasteiger partial charge in [0, 0.05) is 10.6 Å². The molecule has 1 heterocycles. The zero-order valence-electron chi connectivity index (χ0n) is 20.6. The first-order chi connectivity index (χ1) is 17.5. The molecule has 3 aromatic rings. The summed E-state index contributed by atoms with van der Waals surface area (Å²) in [6.45, 7) is 6.24. The van der Waals surface area contributed by atoms with Crippen molar-refractivity contribution in [3.63, 3.8) is 0 Å². The van der Waals surface area contributed by atoms with E-state index in [1.54, 1.807) is 60.7 Å². The third kappa shape index (κ3) is 5.74. The molecule has 37 heavy (non-hydrogen) atoms. The summed E-state index contributed by atoms with van der Waals surface area (Å²) in [6, 6.07) is 18.4. The Morgan fingerprint density at radius 2 is 1.68 bits per heavy atom. The lowest BCUT2D eigenvalue weighted by Gasteiger charge is -2.23. The van der Waals surface area contributed by atoms with E-state index in [0.717, 1.165) is 12.0 Å². The van der Waals surface area contributed by atoms with Crippen LogP contribution in [0.3, 0.4) is 0 Å². The van der Waals surface area contributed by atoms with Gasteiger partial charge in [-0.05, 0) is 53.3 Å². The van der Waals surface area contributed by atoms with Crippen molar-refractivity contribution in [3.8, 4) is 0 Å². The van der Waals surface area contributed by atoms with E-state index in [9.17, 15) is 18.0 Å². The first-order valence-electron chi connectivity index (χ1n) is 11.7. The van der Waals surface area contributed by atoms with Gasteiger partial charge < -0.3 is 5.32 Å². The van der Waals surface area contributed by atoms with E-state index in [2.05, 4.69) is 41.3 Å². The Kier molecular flexibility index (Phi) is 7.49. The topological polar surface area (TPSA) is 117 Å². The number of para-hydroxylation sites is 1. The van der Waals surface area contributed by atoms with Crippen LogP contribution < -0.4 is 15.5 Å². The van der Waals surface area contributed by atoms with E-state index < -0.39 is 27.9 Å². The van der Waals surface area contributed by atoms with Gasteiger partial charge in [0.1, 0.15) is 6.04 Å². The quantitative estimate of drug-likeness (QED) is 0.365. The molecule has 3 N–H and O–H groups in total. The van der Waals surface area contributed by atoms with E-state index in [1.807, 2.05) is 0 Å². The molecule has 192 valence electrons. The average Bonchev–Trinajstić information content (AvgIpc) is 3.21. The number of fused-ring (bicyclic) bond motifs is 1. The summed E-state index contributed by atoms with van der Waals surface area (Å²) in [4.78, 5) is 25.6. The minimum atomic E-state index is -4.10. The molecule has 1 aliphatic heterocycles. The van der Waals surface area contributed by atoms with Crippen molar-refractivity contribution in [2.45, 2.75) is 43.5 Å². The van der Waals surface area contributed by atoms with Crippen molar-refractivity contribution in [2.75, 3.05) is 5.32 Å². The molecule has 0 radical (unpaired) electrons. The Labute approximate surface area is 221 Å². The Morgan fingerprint density at radius 3 is 2.32 bits per heavy atom. The van der Waals surface area contributed by atoms with Crippen molar-refractivity contribution < 1.29 is 18.0 Å². The summed E-state index contributed by atoms with van der Waals surface area (Å²) in [6.07, 6.45) is 0.890. The van der Waals surface area contributed by atoms with Crippen molar-refractivity contribution in [1.29, 1.82) is 0 Å². The lowest BCUT2D eigenvalue weighted by Crippen LogP contribution is -2.39. The first kappa shape index (κ1) is 26.5. The third-order valence-corrected chi connectivity index (χ3v) is 8.18. The molecular formula is C27H27ClN4O4S. The maximum Gasteiger partial charge on any atom is 0.276 e. The van der Waals surface area contributed by atoms with Crippen LogP contribution in [-0.2, 0) is 25.0 Å². The van der Waals surface area contributed by atoms with Crippen LogP contribution in [0.25, 0.3) is 0 Å². The first-order valence-corrected chi connectivity index (χ1v) is 13.5. The predicted molar refractivity (Wildman–Crippen MR) is 144 cm³/mol. The highest BCUT2D eigenvalue weighted by atomic mass is 35.5. The molecule has 0 saturated carbocycles. The fraction of sp³-hybridized carbons (Fsp3) is 0.222. The van der Waals surface area contributed by atoms with Crippen LogP contribution in [0, 0.1) is 0 Å². The van der Waals surface area contributed by atoms with Crippen molar-refractivity contribution in [3.05, 3.63) is 94.5 Å². The molecule has 0 spiro atoms. The van der Waals surface area contributed by atoms with Crippen molar-refractivity contribution in [2.24, 2.45) is 5.10 Å². The van der Waals surface area contributed by atoms with Gasteiger partial charge in [-0.15, -0.1) is 0 Å². The zero-order valence-corrected chi connectivity index (χ0v) is 22.2. The van der Waals surface area contributed by atoms with Crippen LogP contribution >= 0.6 is 11.6 Å². The summed E-state index contributed by atoms with van der Waals surface area (Å²) >= 11 is 5.99. The maximum atomic E-state index is 13.3. The predicted octanol–water partition coefficient (Wildman–Crippen LogP) is 4.52. The number of hydrazone groups is 1. The summed E-state index contributed by atoms with van der Waals surface area (Å²) < 4.78 is 29.0. The number of hydrogen-bond donors (Lipinski definition) is 3. The largest absolute Gasteiger partial charge is 0.320 e. The molecule has 0 bridgehead atoms. The molecule has 4 rings (SSSR count). The van der Waals surface area contributed by atoms with Gasteiger partial charge in [0.25, 0.3) is 11.8 Å². The van der Waals surface area contributed by atoms with Crippen LogP contribution in [-0.4, -0.2) is 25.9 Å². The normalized spacial score (nSPS) is 15.2. The molecule has 0 aromatic heterocycles. The molecule has 0 saturated heterocycles. The SMILES string of the molecule is CCC(C)(C)c1ccc(S(=O)(=O)NC(C(=O)NN=C2C(=O)Nc3ccccc32)c2ccc(Cl)cc2)cc1. The molecule has 10 heteroatoms. The number of hydrogen-bond acceptors (Lipinski definition) is 5. The van der Waals surface area contributed by atoms with Gasteiger partial charge in [-0.2, -0.15) is 9.82 Å². The molecule has 1 unspecified atom stereocenters. The minimum absolute atomic E-state index is 0.0188. The highest BCUT2D eigenvalue weighted by molar-refractivity contribution is 7.89. The van der Waals surface area contributed by atoms with Gasteiger partial charge in [0.15, 0.2) is 5.71 Å². The van der Waals surface area contributed by atoms with Gasteiger partial charge in [-0.1, -0.05) is 74.8 Å². The molecule has 3 aromatic carbocycles. The molecule has 0 fully saturated rings. The van der Waals surface area contributed by atoms with Crippen LogP contribution in [0.1, 0.15) is 49.9 Å². The number of amides is 2. The van der Waals surface area contributed by atoms with Crippen LogP contribution in [0.2, 0.25) is 5.02 Å².